The summed E-state index contributed by atoms with van der Waals surface area (Å²) in [5.41, 5.74) is 6.10. The van der Waals surface area contributed by atoms with Crippen molar-refractivity contribution >= 4 is 21.7 Å². The van der Waals surface area contributed by atoms with Gasteiger partial charge in [-0.25, -0.2) is 0 Å². The van der Waals surface area contributed by atoms with Gasteiger partial charge in [0.05, 0.1) is 23.9 Å². The fourth-order valence-electron chi connectivity index (χ4n) is 8.03. The van der Waals surface area contributed by atoms with E-state index in [2.05, 4.69) is 107 Å². The Morgan fingerprint density at radius 3 is 1.83 bits per heavy atom. The van der Waals surface area contributed by atoms with Crippen LogP contribution in [0.25, 0.3) is 44.1 Å². The molecule has 3 nitrogen and oxygen atoms in total. The topological polar surface area (TPSA) is 28.4 Å². The number of benzene rings is 4. The molecule has 0 aliphatic heterocycles. The first-order valence-electron chi connectivity index (χ1n) is 16.4. The summed E-state index contributed by atoms with van der Waals surface area (Å²) < 4.78 is 2.46. The molecule has 5 aromatic rings. The van der Waals surface area contributed by atoms with Crippen molar-refractivity contribution in [2.45, 2.75) is 88.9 Å². The van der Waals surface area contributed by atoms with Crippen LogP contribution in [0.4, 0.5) is 0 Å². The Morgan fingerprint density at radius 1 is 0.619 bits per heavy atom. The maximum atomic E-state index is 12.1. The van der Waals surface area contributed by atoms with Crippen LogP contribution in [0.3, 0.4) is 0 Å². The van der Waals surface area contributed by atoms with Crippen molar-refractivity contribution < 1.29 is 5.11 Å². The van der Waals surface area contributed by atoms with Crippen LogP contribution in [0.2, 0.25) is 0 Å². The van der Waals surface area contributed by atoms with Crippen LogP contribution in [-0.4, -0.2) is 39.3 Å². The van der Waals surface area contributed by atoms with Gasteiger partial charge in [-0.3, -0.25) is 4.90 Å². The van der Waals surface area contributed by atoms with Gasteiger partial charge in [0.15, 0.2) is 0 Å². The molecule has 2 fully saturated rings. The monoisotopic (exact) mass is 556 g/mol. The summed E-state index contributed by atoms with van der Waals surface area (Å²) >= 11 is 0. The second-order valence-corrected chi connectivity index (χ2v) is 12.7. The van der Waals surface area contributed by atoms with E-state index in [0.717, 1.165) is 6.54 Å². The molecule has 7 rings (SSSR count). The molecule has 2 aliphatic rings. The molecule has 0 radical (unpaired) electrons. The quantitative estimate of drug-likeness (QED) is 0.206. The summed E-state index contributed by atoms with van der Waals surface area (Å²) in [4.78, 5) is 2.76. The number of hydrogen-bond acceptors (Lipinski definition) is 2. The molecule has 2 aliphatic carbocycles. The maximum Gasteiger partial charge on any atom is 0.0846 e. The molecule has 1 aromatic heterocycles. The largest absolute Gasteiger partial charge is 0.390 e. The molecule has 0 spiro atoms. The average Bonchev–Trinajstić information content (AvgIpc) is 3.39. The normalized spacial score (nSPS) is 17.8. The van der Waals surface area contributed by atoms with Crippen molar-refractivity contribution in [2.24, 2.45) is 0 Å². The molecule has 1 N–H and O–H groups in total. The van der Waals surface area contributed by atoms with Crippen LogP contribution in [-0.2, 0) is 6.54 Å². The van der Waals surface area contributed by atoms with E-state index in [-0.39, 0.29) is 0 Å². The minimum absolute atomic E-state index is 0.450. The number of hydrogen-bond donors (Lipinski definition) is 1. The van der Waals surface area contributed by atoms with Crippen LogP contribution in [0.1, 0.15) is 64.2 Å². The van der Waals surface area contributed by atoms with Gasteiger partial charge in [-0.05, 0) is 42.2 Å². The highest BCUT2D eigenvalue weighted by molar-refractivity contribution is 6.15. The van der Waals surface area contributed by atoms with Crippen LogP contribution in [0, 0.1) is 0 Å². The molecule has 4 aromatic carbocycles. The Hall–Kier alpha value is -3.40. The summed E-state index contributed by atoms with van der Waals surface area (Å²) in [7, 11) is 0. The highest BCUT2D eigenvalue weighted by Gasteiger charge is 2.31. The highest BCUT2D eigenvalue weighted by Crippen LogP contribution is 2.43. The smallest absolute Gasteiger partial charge is 0.0846 e. The maximum absolute atomic E-state index is 12.1. The van der Waals surface area contributed by atoms with Crippen LogP contribution < -0.4 is 0 Å². The van der Waals surface area contributed by atoms with Gasteiger partial charge < -0.3 is 9.67 Å². The number of aliphatic hydroxyl groups excluding tert-OH is 1. The summed E-state index contributed by atoms with van der Waals surface area (Å²) in [5.74, 6) is 0. The first kappa shape index (κ1) is 27.4. The molecular weight excluding hydrogens is 512 g/mol. The lowest BCUT2D eigenvalue weighted by Gasteiger charge is -2.42. The van der Waals surface area contributed by atoms with Crippen molar-refractivity contribution in [3.63, 3.8) is 0 Å². The Labute approximate surface area is 250 Å². The standard InChI is InChI=1S/C39H44N2O/c42-34(27-40(32-20-9-3-10-21-32)33-22-11-4-12-23-33)28-41-38(31-18-7-2-8-19-31)37(30-16-5-1-6-17-30)36-26-25-29-15-13-14-24-35(29)39(36)41/h1-2,5-8,13-19,24-26,32-34,42H,3-4,9-12,20-23,27-28H2/t34-/m1/s1. The van der Waals surface area contributed by atoms with E-state index >= 15 is 0 Å². The van der Waals surface area contributed by atoms with E-state index in [4.69, 9.17) is 0 Å². The number of nitrogens with zero attached hydrogens (tertiary/aromatic N) is 2. The molecule has 42 heavy (non-hydrogen) atoms. The van der Waals surface area contributed by atoms with E-state index in [9.17, 15) is 5.11 Å². The van der Waals surface area contributed by atoms with Gasteiger partial charge in [0, 0.05) is 35.0 Å². The summed E-state index contributed by atoms with van der Waals surface area (Å²) in [5, 5.41) is 15.8. The second kappa shape index (κ2) is 12.5. The van der Waals surface area contributed by atoms with Crippen molar-refractivity contribution in [3.05, 3.63) is 97.1 Å². The minimum Gasteiger partial charge on any atom is -0.390 e. The third-order valence-corrected chi connectivity index (χ3v) is 9.96. The van der Waals surface area contributed by atoms with Gasteiger partial charge in [0.25, 0.3) is 0 Å². The van der Waals surface area contributed by atoms with E-state index < -0.39 is 6.10 Å². The number of fused-ring (bicyclic) bond motifs is 3. The summed E-state index contributed by atoms with van der Waals surface area (Å²) in [6.45, 7) is 1.34. The third kappa shape index (κ3) is 5.41. The van der Waals surface area contributed by atoms with Crippen molar-refractivity contribution in [3.8, 4) is 22.4 Å². The van der Waals surface area contributed by atoms with Gasteiger partial charge >= 0.3 is 0 Å². The SMILES string of the molecule is O[C@H](CN(C1CCCCC1)C1CCCCC1)Cn1c(-c2ccccc2)c(-c2ccccc2)c2ccc3ccccc3c21. The van der Waals surface area contributed by atoms with Gasteiger partial charge in [-0.15, -0.1) is 0 Å². The predicted molar refractivity (Wildman–Crippen MR) is 177 cm³/mol. The zero-order chi connectivity index (χ0) is 28.3. The molecule has 216 valence electrons. The summed E-state index contributed by atoms with van der Waals surface area (Å²) in [6, 6.07) is 36.1. The van der Waals surface area contributed by atoms with Crippen LogP contribution >= 0.6 is 0 Å². The zero-order valence-electron chi connectivity index (χ0n) is 24.8. The predicted octanol–water partition coefficient (Wildman–Crippen LogP) is 9.46. The molecule has 0 unspecified atom stereocenters. The lowest BCUT2D eigenvalue weighted by atomic mass is 9.88. The molecule has 0 bridgehead atoms. The van der Waals surface area contributed by atoms with Crippen LogP contribution in [0.15, 0.2) is 97.1 Å². The molecular formula is C39H44N2O. The minimum atomic E-state index is -0.450. The fourth-order valence-corrected chi connectivity index (χ4v) is 8.03. The van der Waals surface area contributed by atoms with E-state index in [1.165, 1.54) is 108 Å². The van der Waals surface area contributed by atoms with Gasteiger partial charge in [0.1, 0.15) is 0 Å². The van der Waals surface area contributed by atoms with Crippen LogP contribution in [0.5, 0.6) is 0 Å². The van der Waals surface area contributed by atoms with E-state index in [1.807, 2.05) is 0 Å². The zero-order valence-corrected chi connectivity index (χ0v) is 24.8. The van der Waals surface area contributed by atoms with Crippen molar-refractivity contribution in [1.82, 2.24) is 9.47 Å². The second-order valence-electron chi connectivity index (χ2n) is 12.7. The Bertz CT molecular complexity index is 1590. The van der Waals surface area contributed by atoms with Crippen molar-refractivity contribution in [2.75, 3.05) is 6.54 Å². The third-order valence-electron chi connectivity index (χ3n) is 9.96. The first-order valence-corrected chi connectivity index (χ1v) is 16.4. The molecule has 3 heteroatoms. The van der Waals surface area contributed by atoms with E-state index in [0.29, 0.717) is 18.6 Å². The first-order chi connectivity index (χ1) is 20.8. The Kier molecular flexibility index (Phi) is 8.13. The summed E-state index contributed by atoms with van der Waals surface area (Å²) in [6.07, 6.45) is 12.7. The molecule has 0 saturated heterocycles. The van der Waals surface area contributed by atoms with E-state index in [1.54, 1.807) is 0 Å². The Balaban J connectivity index is 1.36. The van der Waals surface area contributed by atoms with Crippen molar-refractivity contribution in [1.29, 1.82) is 0 Å². The lowest BCUT2D eigenvalue weighted by Crippen LogP contribution is -2.49. The number of aromatic nitrogens is 1. The average molecular weight is 557 g/mol. The molecule has 1 atom stereocenters. The van der Waals surface area contributed by atoms with Gasteiger partial charge in [-0.2, -0.15) is 0 Å². The molecule has 1 heterocycles. The number of aliphatic hydroxyl groups is 1. The fraction of sp³-hybridized carbons (Fsp3) is 0.385. The lowest BCUT2D eigenvalue weighted by molar-refractivity contribution is 0.0240. The highest BCUT2D eigenvalue weighted by atomic mass is 16.3. The molecule has 2 saturated carbocycles. The van der Waals surface area contributed by atoms with Gasteiger partial charge in [-0.1, -0.05) is 136 Å². The number of rotatable bonds is 8. The Morgan fingerprint density at radius 2 is 1.19 bits per heavy atom. The molecule has 0 amide bonds. The van der Waals surface area contributed by atoms with Gasteiger partial charge in [0.2, 0.25) is 0 Å².